The van der Waals surface area contributed by atoms with Crippen LogP contribution in [0.1, 0.15) is 16.1 Å². The minimum absolute atomic E-state index is 0.0640. The zero-order chi connectivity index (χ0) is 17.5. The molecule has 2 heterocycles. The lowest BCUT2D eigenvalue weighted by Crippen LogP contribution is -2.12. The average Bonchev–Trinajstić information content (AvgIpc) is 3.13. The summed E-state index contributed by atoms with van der Waals surface area (Å²) in [5, 5.41) is 16.5. The van der Waals surface area contributed by atoms with Crippen LogP contribution < -0.4 is 0 Å². The Bertz CT molecular complexity index is 920. The Morgan fingerprint density at radius 1 is 1.33 bits per heavy atom. The topological polar surface area (TPSA) is 78.9 Å². The number of halogens is 4. The Morgan fingerprint density at radius 3 is 2.71 bits per heavy atom. The van der Waals surface area contributed by atoms with E-state index in [4.69, 9.17) is 16.7 Å². The van der Waals surface area contributed by atoms with Gasteiger partial charge < -0.3 is 5.11 Å². The van der Waals surface area contributed by atoms with Crippen molar-refractivity contribution >= 4 is 28.9 Å². The van der Waals surface area contributed by atoms with E-state index in [1.54, 1.807) is 34.7 Å². The van der Waals surface area contributed by atoms with Gasteiger partial charge in [-0.15, -0.1) is 11.3 Å². The lowest BCUT2D eigenvalue weighted by Gasteiger charge is -2.04. The van der Waals surface area contributed by atoms with Crippen LogP contribution in [0.15, 0.2) is 29.6 Å². The monoisotopic (exact) mass is 373 g/mol. The highest BCUT2D eigenvalue weighted by Crippen LogP contribution is 2.37. The van der Waals surface area contributed by atoms with Gasteiger partial charge in [0.25, 0.3) is 0 Å². The van der Waals surface area contributed by atoms with Gasteiger partial charge in [0.1, 0.15) is 16.3 Å². The number of rotatable bonds is 3. The SMILES string of the molecule is O=C(O)c1c(-c2nc(-c3cccc(Cl)c3)cs2)n[nH]c1C(F)(F)F. The third-order valence-corrected chi connectivity index (χ3v) is 4.17. The maximum Gasteiger partial charge on any atom is 0.433 e. The Morgan fingerprint density at radius 2 is 2.08 bits per heavy atom. The highest BCUT2D eigenvalue weighted by molar-refractivity contribution is 7.13. The number of carboxylic acids is 1. The largest absolute Gasteiger partial charge is 0.478 e. The molecule has 3 rings (SSSR count). The highest BCUT2D eigenvalue weighted by atomic mass is 35.5. The van der Waals surface area contributed by atoms with Crippen LogP contribution in [0.25, 0.3) is 22.0 Å². The van der Waals surface area contributed by atoms with E-state index in [9.17, 15) is 18.0 Å². The predicted octanol–water partition coefficient (Wildman–Crippen LogP) is 4.57. The van der Waals surface area contributed by atoms with Gasteiger partial charge in [-0.2, -0.15) is 18.3 Å². The minimum Gasteiger partial charge on any atom is -0.478 e. The smallest absolute Gasteiger partial charge is 0.433 e. The molecule has 24 heavy (non-hydrogen) atoms. The molecule has 0 amide bonds. The number of thiazole rings is 1. The van der Waals surface area contributed by atoms with Crippen LogP contribution in [0.4, 0.5) is 13.2 Å². The second kappa shape index (κ2) is 5.91. The number of alkyl halides is 3. The first-order valence-electron chi connectivity index (χ1n) is 6.38. The number of hydrogen-bond donors (Lipinski definition) is 2. The average molecular weight is 374 g/mol. The molecule has 1 aromatic carbocycles. The first kappa shape index (κ1) is 16.5. The molecule has 0 aliphatic heterocycles. The molecule has 0 bridgehead atoms. The van der Waals surface area contributed by atoms with E-state index in [-0.39, 0.29) is 10.7 Å². The summed E-state index contributed by atoms with van der Waals surface area (Å²) in [4.78, 5) is 15.4. The lowest BCUT2D eigenvalue weighted by molar-refractivity contribution is -0.141. The maximum atomic E-state index is 12.9. The number of carboxylic acid groups (broad SMARTS) is 1. The number of carbonyl (C=O) groups is 1. The molecular formula is C14H7ClF3N3O2S. The molecule has 0 saturated carbocycles. The van der Waals surface area contributed by atoms with Crippen LogP contribution in [0.2, 0.25) is 5.02 Å². The quantitative estimate of drug-likeness (QED) is 0.704. The van der Waals surface area contributed by atoms with Crippen LogP contribution in [-0.2, 0) is 6.18 Å². The predicted molar refractivity (Wildman–Crippen MR) is 82.1 cm³/mol. The number of nitrogens with zero attached hydrogens (tertiary/aromatic N) is 2. The van der Waals surface area contributed by atoms with E-state index in [0.29, 0.717) is 16.3 Å². The molecule has 0 fully saturated rings. The fourth-order valence-electron chi connectivity index (χ4n) is 2.07. The van der Waals surface area contributed by atoms with Gasteiger partial charge in [0.2, 0.25) is 0 Å². The van der Waals surface area contributed by atoms with Gasteiger partial charge in [-0.1, -0.05) is 23.7 Å². The normalized spacial score (nSPS) is 11.7. The Kier molecular flexibility index (Phi) is 4.06. The fourth-order valence-corrected chi connectivity index (χ4v) is 3.09. The third-order valence-electron chi connectivity index (χ3n) is 3.09. The van der Waals surface area contributed by atoms with E-state index in [0.717, 1.165) is 11.3 Å². The number of nitrogens with one attached hydrogen (secondary N) is 1. The van der Waals surface area contributed by atoms with Gasteiger partial charge >= 0.3 is 12.1 Å². The van der Waals surface area contributed by atoms with Crippen LogP contribution in [0.3, 0.4) is 0 Å². The molecule has 0 radical (unpaired) electrons. The first-order valence-corrected chi connectivity index (χ1v) is 7.64. The standard InChI is InChI=1S/C14H7ClF3N3O2S/c15-7-3-1-2-6(4-7)8-5-24-12(19-8)10-9(13(22)23)11(21-20-10)14(16,17)18/h1-5H,(H,20,21)(H,22,23). The van der Waals surface area contributed by atoms with E-state index in [1.165, 1.54) is 0 Å². The molecule has 5 nitrogen and oxygen atoms in total. The van der Waals surface area contributed by atoms with Crippen molar-refractivity contribution in [3.63, 3.8) is 0 Å². The molecule has 0 aliphatic rings. The van der Waals surface area contributed by atoms with E-state index in [1.807, 2.05) is 0 Å². The summed E-state index contributed by atoms with van der Waals surface area (Å²) in [6.07, 6.45) is -4.86. The van der Waals surface area contributed by atoms with Gasteiger partial charge in [0.05, 0.1) is 5.69 Å². The number of hydrogen-bond acceptors (Lipinski definition) is 4. The molecule has 124 valence electrons. The Labute approximate surface area is 141 Å². The van der Waals surface area contributed by atoms with E-state index < -0.39 is 23.4 Å². The van der Waals surface area contributed by atoms with Crippen molar-refractivity contribution in [2.45, 2.75) is 6.18 Å². The van der Waals surface area contributed by atoms with Crippen LogP contribution in [-0.4, -0.2) is 26.3 Å². The van der Waals surface area contributed by atoms with E-state index in [2.05, 4.69) is 10.1 Å². The fraction of sp³-hybridized carbons (Fsp3) is 0.0714. The molecule has 3 aromatic rings. The maximum absolute atomic E-state index is 12.9. The lowest BCUT2D eigenvalue weighted by atomic mass is 10.1. The van der Waals surface area contributed by atoms with Crippen molar-refractivity contribution in [3.8, 4) is 22.0 Å². The molecule has 0 atom stereocenters. The minimum atomic E-state index is -4.86. The van der Waals surface area contributed by atoms with Crippen LogP contribution in [0, 0.1) is 0 Å². The Hall–Kier alpha value is -2.39. The van der Waals surface area contributed by atoms with Gasteiger partial charge in [0.15, 0.2) is 5.69 Å². The number of aromatic amines is 1. The molecule has 2 N–H and O–H groups in total. The highest BCUT2D eigenvalue weighted by Gasteiger charge is 2.40. The van der Waals surface area contributed by atoms with Crippen molar-refractivity contribution in [3.05, 3.63) is 45.9 Å². The molecule has 0 spiro atoms. The molecule has 10 heteroatoms. The number of H-pyrrole nitrogens is 1. The van der Waals surface area contributed by atoms with E-state index >= 15 is 0 Å². The van der Waals surface area contributed by atoms with Crippen molar-refractivity contribution in [1.82, 2.24) is 15.2 Å². The number of aromatic carboxylic acids is 1. The van der Waals surface area contributed by atoms with Gasteiger partial charge in [-0.3, -0.25) is 5.10 Å². The molecule has 2 aromatic heterocycles. The molecule has 0 unspecified atom stereocenters. The summed E-state index contributed by atoms with van der Waals surface area (Å²) in [7, 11) is 0. The van der Waals surface area contributed by atoms with Crippen molar-refractivity contribution in [1.29, 1.82) is 0 Å². The second-order valence-electron chi connectivity index (χ2n) is 4.67. The van der Waals surface area contributed by atoms with Gasteiger partial charge in [-0.25, -0.2) is 9.78 Å². The summed E-state index contributed by atoms with van der Waals surface area (Å²) in [5.74, 6) is -1.73. The van der Waals surface area contributed by atoms with Crippen molar-refractivity contribution < 1.29 is 23.1 Å². The molecular weight excluding hydrogens is 367 g/mol. The molecule has 0 aliphatic carbocycles. The number of benzene rings is 1. The molecule has 0 saturated heterocycles. The number of aromatic nitrogens is 3. The summed E-state index contributed by atoms with van der Waals surface area (Å²) < 4.78 is 38.7. The Balaban J connectivity index is 2.08. The zero-order valence-corrected chi connectivity index (χ0v) is 13.1. The third kappa shape index (κ3) is 3.00. The second-order valence-corrected chi connectivity index (χ2v) is 5.97. The van der Waals surface area contributed by atoms with Gasteiger partial charge in [-0.05, 0) is 12.1 Å². The summed E-state index contributed by atoms with van der Waals surface area (Å²) in [5.41, 5.74) is -1.59. The van der Waals surface area contributed by atoms with Crippen molar-refractivity contribution in [2.24, 2.45) is 0 Å². The van der Waals surface area contributed by atoms with Crippen LogP contribution in [0.5, 0.6) is 0 Å². The summed E-state index contributed by atoms with van der Waals surface area (Å²) in [6, 6.07) is 6.75. The van der Waals surface area contributed by atoms with Crippen LogP contribution >= 0.6 is 22.9 Å². The zero-order valence-electron chi connectivity index (χ0n) is 11.6. The van der Waals surface area contributed by atoms with Crippen molar-refractivity contribution in [2.75, 3.05) is 0 Å². The van der Waals surface area contributed by atoms with Gasteiger partial charge in [0, 0.05) is 16.0 Å². The summed E-state index contributed by atoms with van der Waals surface area (Å²) >= 11 is 6.89. The summed E-state index contributed by atoms with van der Waals surface area (Å²) in [6.45, 7) is 0. The first-order chi connectivity index (χ1) is 11.3.